The second kappa shape index (κ2) is 9.88. The molecule has 0 unspecified atom stereocenters. The van der Waals surface area contributed by atoms with Crippen molar-refractivity contribution in [3.63, 3.8) is 0 Å². The Balaban J connectivity index is 1.78. The summed E-state index contributed by atoms with van der Waals surface area (Å²) in [6, 6.07) is 21.4. The van der Waals surface area contributed by atoms with Crippen molar-refractivity contribution in [1.82, 2.24) is 0 Å². The summed E-state index contributed by atoms with van der Waals surface area (Å²) >= 11 is 3.53. The first-order valence-electron chi connectivity index (χ1n) is 12.8. The van der Waals surface area contributed by atoms with Crippen molar-refractivity contribution in [2.24, 2.45) is 0 Å². The molecule has 9 heteroatoms. The summed E-state index contributed by atoms with van der Waals surface area (Å²) in [5.74, 6) is -2.52. The van der Waals surface area contributed by atoms with Gasteiger partial charge in [0.1, 0.15) is 11.0 Å². The molecule has 0 radical (unpaired) electrons. The molecule has 5 rings (SSSR count). The van der Waals surface area contributed by atoms with E-state index in [1.54, 1.807) is 93.6 Å². The number of nitrogens with zero attached hydrogens (tertiary/aromatic N) is 2. The van der Waals surface area contributed by atoms with Crippen LogP contribution in [-0.2, 0) is 14.9 Å². The number of rotatable bonds is 3. The highest BCUT2D eigenvalue weighted by Crippen LogP contribution is 2.60. The number of amides is 2. The van der Waals surface area contributed by atoms with E-state index in [0.29, 0.717) is 21.2 Å². The number of carbonyl (C=O) groups excluding carboxylic acids is 2. The van der Waals surface area contributed by atoms with E-state index in [1.807, 2.05) is 6.07 Å². The molecule has 1 spiro atoms. The summed E-state index contributed by atoms with van der Waals surface area (Å²) in [5, 5.41) is 25.0. The highest BCUT2D eigenvalue weighted by Gasteiger charge is 2.69. The van der Waals surface area contributed by atoms with Crippen molar-refractivity contribution in [2.75, 3.05) is 4.90 Å². The molecule has 1 saturated carbocycles. The van der Waals surface area contributed by atoms with Gasteiger partial charge in [-0.1, -0.05) is 82.7 Å². The SMILES string of the molecule is CC(C)(C)OC(=O)N1C(=O)[C@]2(c3ccccc31)[C@H](O)C[C@@H](c1ccccc1Br)[C@@H]([N+](=O)[O-])[C@@H]2c1ccccc1. The molecular weight excluding hydrogens is 564 g/mol. The number of carbonyl (C=O) groups is 2. The number of aliphatic hydroxyl groups excluding tert-OH is 1. The molecule has 2 aliphatic rings. The zero-order valence-corrected chi connectivity index (χ0v) is 23.4. The fourth-order valence-corrected chi connectivity index (χ4v) is 6.87. The normalized spacial score (nSPS) is 26.4. The molecule has 1 aliphatic carbocycles. The van der Waals surface area contributed by atoms with E-state index in [4.69, 9.17) is 4.74 Å². The zero-order chi connectivity index (χ0) is 28.1. The lowest BCUT2D eigenvalue weighted by molar-refractivity contribution is -0.537. The molecule has 2 amide bonds. The van der Waals surface area contributed by atoms with Gasteiger partial charge in [0.05, 0.1) is 23.6 Å². The van der Waals surface area contributed by atoms with Gasteiger partial charge in [0.2, 0.25) is 6.04 Å². The third-order valence-electron chi connectivity index (χ3n) is 7.68. The molecule has 0 saturated heterocycles. The Morgan fingerprint density at radius 3 is 2.31 bits per heavy atom. The van der Waals surface area contributed by atoms with Crippen LogP contribution in [0.2, 0.25) is 0 Å². The van der Waals surface area contributed by atoms with Crippen LogP contribution in [-0.4, -0.2) is 39.8 Å². The Kier molecular flexibility index (Phi) is 6.84. The molecule has 1 N–H and O–H groups in total. The highest BCUT2D eigenvalue weighted by atomic mass is 79.9. The fraction of sp³-hybridized carbons (Fsp3) is 0.333. The number of imide groups is 1. The van der Waals surface area contributed by atoms with Crippen LogP contribution in [0.4, 0.5) is 10.5 Å². The van der Waals surface area contributed by atoms with Crippen molar-refractivity contribution >= 4 is 33.6 Å². The summed E-state index contributed by atoms with van der Waals surface area (Å²) in [7, 11) is 0. The predicted molar refractivity (Wildman–Crippen MR) is 149 cm³/mol. The number of halogens is 1. The van der Waals surface area contributed by atoms with E-state index in [0.717, 1.165) is 4.90 Å². The van der Waals surface area contributed by atoms with Crippen LogP contribution in [0.1, 0.15) is 55.7 Å². The first-order chi connectivity index (χ1) is 18.5. The van der Waals surface area contributed by atoms with E-state index in [9.17, 15) is 24.8 Å². The van der Waals surface area contributed by atoms with Gasteiger partial charge in [0, 0.05) is 9.40 Å². The second-order valence-electron chi connectivity index (χ2n) is 11.1. The van der Waals surface area contributed by atoms with E-state index < -0.39 is 47.0 Å². The third-order valence-corrected chi connectivity index (χ3v) is 8.40. The number of aliphatic hydroxyl groups is 1. The summed E-state index contributed by atoms with van der Waals surface area (Å²) in [4.78, 5) is 41.6. The summed E-state index contributed by atoms with van der Waals surface area (Å²) in [6.07, 6.45) is -2.28. The van der Waals surface area contributed by atoms with Gasteiger partial charge in [0.25, 0.3) is 5.91 Å². The minimum absolute atomic E-state index is 0.0557. The van der Waals surface area contributed by atoms with Crippen molar-refractivity contribution in [2.45, 2.75) is 62.2 Å². The molecule has 202 valence electrons. The molecular formula is C30H29BrN2O6. The number of anilines is 1. The lowest BCUT2D eigenvalue weighted by Crippen LogP contribution is -2.62. The van der Waals surface area contributed by atoms with E-state index >= 15 is 0 Å². The van der Waals surface area contributed by atoms with E-state index in [-0.39, 0.29) is 17.0 Å². The molecule has 0 bridgehead atoms. The quantitative estimate of drug-likeness (QED) is 0.297. The molecule has 1 heterocycles. The topological polar surface area (TPSA) is 110 Å². The molecule has 8 nitrogen and oxygen atoms in total. The predicted octanol–water partition coefficient (Wildman–Crippen LogP) is 5.95. The van der Waals surface area contributed by atoms with Crippen LogP contribution in [0.25, 0.3) is 0 Å². The Morgan fingerprint density at radius 2 is 1.67 bits per heavy atom. The van der Waals surface area contributed by atoms with Crippen LogP contribution in [0, 0.1) is 10.1 Å². The lowest BCUT2D eigenvalue weighted by atomic mass is 9.54. The molecule has 3 aromatic rings. The molecule has 0 aromatic heterocycles. The average Bonchev–Trinajstić information content (AvgIpc) is 3.14. The standard InChI is InChI=1S/C30H29BrN2O6/c1-29(2,3)39-28(36)32-23-16-10-8-14-21(23)30(27(32)35)24(34)17-20(19-13-7-9-15-22(19)31)26(33(37)38)25(30)18-11-5-4-6-12-18/h4-16,20,24-26,34H,17H2,1-3H3/t20-,24+,25-,26+,30+/m0/s1. The summed E-state index contributed by atoms with van der Waals surface area (Å²) in [5.41, 5.74) is -0.830. The Morgan fingerprint density at radius 1 is 1.05 bits per heavy atom. The number of hydrogen-bond donors (Lipinski definition) is 1. The third kappa shape index (κ3) is 4.33. The Hall–Kier alpha value is -3.56. The minimum atomic E-state index is -1.79. The van der Waals surface area contributed by atoms with Crippen molar-refractivity contribution < 1.29 is 24.4 Å². The second-order valence-corrected chi connectivity index (χ2v) is 11.9. The maximum absolute atomic E-state index is 14.6. The van der Waals surface area contributed by atoms with Crippen molar-refractivity contribution in [3.8, 4) is 0 Å². The molecule has 39 heavy (non-hydrogen) atoms. The first kappa shape index (κ1) is 27.0. The van der Waals surface area contributed by atoms with Crippen LogP contribution in [0.15, 0.2) is 83.3 Å². The summed E-state index contributed by atoms with van der Waals surface area (Å²) in [6.45, 7) is 5.08. The average molecular weight is 593 g/mol. The van der Waals surface area contributed by atoms with Gasteiger partial charge in [-0.15, -0.1) is 0 Å². The number of para-hydroxylation sites is 1. The van der Waals surface area contributed by atoms with Gasteiger partial charge in [-0.25, -0.2) is 9.69 Å². The number of fused-ring (bicyclic) bond motifs is 2. The monoisotopic (exact) mass is 592 g/mol. The van der Waals surface area contributed by atoms with Gasteiger partial charge in [-0.3, -0.25) is 14.9 Å². The number of ether oxygens (including phenoxy) is 1. The maximum Gasteiger partial charge on any atom is 0.421 e. The van der Waals surface area contributed by atoms with Crippen molar-refractivity contribution in [1.29, 1.82) is 0 Å². The minimum Gasteiger partial charge on any atom is -0.443 e. The van der Waals surface area contributed by atoms with Gasteiger partial charge < -0.3 is 9.84 Å². The number of benzene rings is 3. The molecule has 5 atom stereocenters. The molecule has 1 aliphatic heterocycles. The molecule has 3 aromatic carbocycles. The molecule has 1 fully saturated rings. The van der Waals surface area contributed by atoms with Gasteiger partial charge in [-0.2, -0.15) is 0 Å². The van der Waals surface area contributed by atoms with Crippen LogP contribution < -0.4 is 4.90 Å². The van der Waals surface area contributed by atoms with Gasteiger partial charge in [0.15, 0.2) is 0 Å². The van der Waals surface area contributed by atoms with Crippen molar-refractivity contribution in [3.05, 3.63) is 110 Å². The van der Waals surface area contributed by atoms with Crippen LogP contribution in [0.5, 0.6) is 0 Å². The summed E-state index contributed by atoms with van der Waals surface area (Å²) < 4.78 is 6.27. The zero-order valence-electron chi connectivity index (χ0n) is 21.8. The van der Waals surface area contributed by atoms with Crippen LogP contribution >= 0.6 is 15.9 Å². The van der Waals surface area contributed by atoms with Crippen LogP contribution in [0.3, 0.4) is 0 Å². The maximum atomic E-state index is 14.6. The largest absolute Gasteiger partial charge is 0.443 e. The first-order valence-corrected chi connectivity index (χ1v) is 13.6. The number of nitro groups is 1. The fourth-order valence-electron chi connectivity index (χ4n) is 6.29. The number of hydrogen-bond acceptors (Lipinski definition) is 6. The van der Waals surface area contributed by atoms with Gasteiger partial charge in [-0.05, 0) is 56.0 Å². The Bertz CT molecular complexity index is 1440. The Labute approximate surface area is 234 Å². The lowest BCUT2D eigenvalue weighted by Gasteiger charge is -2.48. The van der Waals surface area contributed by atoms with E-state index in [2.05, 4.69) is 15.9 Å². The highest BCUT2D eigenvalue weighted by molar-refractivity contribution is 9.10. The van der Waals surface area contributed by atoms with E-state index in [1.165, 1.54) is 0 Å². The van der Waals surface area contributed by atoms with Gasteiger partial charge >= 0.3 is 6.09 Å². The smallest absolute Gasteiger partial charge is 0.421 e.